The molecule has 8 nitrogen and oxygen atoms in total. The predicted octanol–water partition coefficient (Wildman–Crippen LogP) is 17.1. The highest BCUT2D eigenvalue weighted by atomic mass is 16.5. The number of hydrogen-bond donors (Lipinski definition) is 0. The fourth-order valence-electron chi connectivity index (χ4n) is 9.04. The summed E-state index contributed by atoms with van der Waals surface area (Å²) in [6, 6.07) is 57.7. The third kappa shape index (κ3) is 12.9. The highest BCUT2D eigenvalue weighted by molar-refractivity contribution is 6.11. The van der Waals surface area contributed by atoms with Crippen molar-refractivity contribution in [3.63, 3.8) is 0 Å². The highest BCUT2D eigenvalue weighted by Gasteiger charge is 2.26. The van der Waals surface area contributed by atoms with Gasteiger partial charge in [-0.05, 0) is 94.8 Å². The third-order valence-electron chi connectivity index (χ3n) is 12.7. The van der Waals surface area contributed by atoms with Crippen molar-refractivity contribution >= 4 is 32.9 Å². The van der Waals surface area contributed by atoms with Crippen LogP contribution in [0.15, 0.2) is 180 Å². The quantitative estimate of drug-likeness (QED) is 0.165. The molecule has 0 fully saturated rings. The maximum absolute atomic E-state index is 7.07. The Morgan fingerprint density at radius 3 is 1.11 bits per heavy atom. The molecule has 1 aliphatic heterocycles. The van der Waals surface area contributed by atoms with E-state index in [0.717, 1.165) is 132 Å². The van der Waals surface area contributed by atoms with Gasteiger partial charge in [0.25, 0.3) is 0 Å². The molecular weight excluding hydrogens is 869 g/mol. The molecule has 8 aromatic rings. The van der Waals surface area contributed by atoms with Crippen molar-refractivity contribution in [2.24, 2.45) is 10.2 Å². The van der Waals surface area contributed by atoms with Gasteiger partial charge in [0.05, 0.1) is 26.4 Å². The number of hydrogen-bond acceptors (Lipinski definition) is 8. The number of azo groups is 1. The Morgan fingerprint density at radius 2 is 0.686 bits per heavy atom. The van der Waals surface area contributed by atoms with Gasteiger partial charge in [-0.1, -0.05) is 185 Å². The van der Waals surface area contributed by atoms with Gasteiger partial charge in [0.15, 0.2) is 23.0 Å². The van der Waals surface area contributed by atoms with Crippen molar-refractivity contribution in [2.75, 3.05) is 26.4 Å². The molecule has 8 aromatic carbocycles. The van der Waals surface area contributed by atoms with Crippen LogP contribution < -0.4 is 28.4 Å². The molecule has 0 atom stereocenters. The number of benzene rings is 8. The Hall–Kier alpha value is -7.32. The molecule has 0 radical (unpaired) electrons. The summed E-state index contributed by atoms with van der Waals surface area (Å²) in [4.78, 5) is 0. The van der Waals surface area contributed by atoms with Crippen molar-refractivity contribution in [3.8, 4) is 45.6 Å². The SMILES string of the molecule is c1ccc(COc2cc3ccccc3c3c2OCCCCCCCCOc2ccccc2N=Nc2ccccc2OCCCCCCCCOc2c(OCc4ccccc4)cc4ccccc4c2-3)cc1. The second-order valence-electron chi connectivity index (χ2n) is 17.9. The van der Waals surface area contributed by atoms with E-state index in [1.807, 2.05) is 84.9 Å². The molecule has 358 valence electrons. The van der Waals surface area contributed by atoms with Gasteiger partial charge in [0, 0.05) is 11.1 Å². The van der Waals surface area contributed by atoms with E-state index >= 15 is 0 Å². The van der Waals surface area contributed by atoms with Crippen LogP contribution in [0.4, 0.5) is 11.4 Å². The largest absolute Gasteiger partial charge is 0.491 e. The van der Waals surface area contributed by atoms with Crippen molar-refractivity contribution in [3.05, 3.63) is 181 Å². The highest BCUT2D eigenvalue weighted by Crippen LogP contribution is 2.53. The second kappa shape index (κ2) is 25.3. The van der Waals surface area contributed by atoms with Gasteiger partial charge in [-0.2, -0.15) is 0 Å². The maximum atomic E-state index is 7.07. The first-order chi connectivity index (χ1) is 34.8. The average Bonchev–Trinajstić information content (AvgIpc) is 3.40. The number of ether oxygens (including phenoxy) is 6. The van der Waals surface area contributed by atoms with E-state index in [1.165, 1.54) is 0 Å². The lowest BCUT2D eigenvalue weighted by atomic mass is 9.91. The smallest absolute Gasteiger partial charge is 0.169 e. The molecule has 0 amide bonds. The van der Waals surface area contributed by atoms with Crippen LogP contribution in [0.25, 0.3) is 32.7 Å². The second-order valence-corrected chi connectivity index (χ2v) is 17.9. The fraction of sp³-hybridized carbons (Fsp3) is 0.290. The number of nitrogens with zero attached hydrogens (tertiary/aromatic N) is 2. The zero-order chi connectivity index (χ0) is 47.4. The van der Waals surface area contributed by atoms with Gasteiger partial charge in [-0.3, -0.25) is 0 Å². The molecule has 0 saturated carbocycles. The molecule has 0 spiro atoms. The first kappa shape index (κ1) is 47.7. The summed E-state index contributed by atoms with van der Waals surface area (Å²) in [7, 11) is 0. The lowest BCUT2D eigenvalue weighted by molar-refractivity contribution is 0.255. The zero-order valence-corrected chi connectivity index (χ0v) is 40.2. The molecule has 1 heterocycles. The van der Waals surface area contributed by atoms with Crippen molar-refractivity contribution < 1.29 is 28.4 Å². The van der Waals surface area contributed by atoms with E-state index in [2.05, 4.69) is 95.2 Å². The molecule has 0 aliphatic carbocycles. The van der Waals surface area contributed by atoms with E-state index in [0.29, 0.717) is 74.0 Å². The van der Waals surface area contributed by atoms with Crippen LogP contribution in [0.2, 0.25) is 0 Å². The first-order valence-electron chi connectivity index (χ1n) is 25.3. The van der Waals surface area contributed by atoms with Crippen molar-refractivity contribution in [1.29, 1.82) is 0 Å². The van der Waals surface area contributed by atoms with Crippen molar-refractivity contribution in [1.82, 2.24) is 0 Å². The monoisotopic (exact) mass is 932 g/mol. The van der Waals surface area contributed by atoms with Gasteiger partial charge in [-0.15, -0.1) is 10.2 Å². The van der Waals surface area contributed by atoms with Gasteiger partial charge >= 0.3 is 0 Å². The lowest BCUT2D eigenvalue weighted by Gasteiger charge is -2.24. The van der Waals surface area contributed by atoms with Crippen LogP contribution in [-0.4, -0.2) is 26.4 Å². The fourth-order valence-corrected chi connectivity index (χ4v) is 9.04. The summed E-state index contributed by atoms with van der Waals surface area (Å²) in [5.74, 6) is 4.31. The molecular formula is C62H64N2O6. The van der Waals surface area contributed by atoms with E-state index in [4.69, 9.17) is 28.4 Å². The van der Waals surface area contributed by atoms with Crippen LogP contribution in [0, 0.1) is 0 Å². The minimum absolute atomic E-state index is 0.402. The lowest BCUT2D eigenvalue weighted by Crippen LogP contribution is -2.07. The Morgan fingerprint density at radius 1 is 0.343 bits per heavy atom. The topological polar surface area (TPSA) is 80.1 Å². The Kier molecular flexibility index (Phi) is 17.3. The first-order valence-corrected chi connectivity index (χ1v) is 25.3. The molecule has 0 aromatic heterocycles. The van der Waals surface area contributed by atoms with Crippen LogP contribution >= 0.6 is 0 Å². The summed E-state index contributed by atoms with van der Waals surface area (Å²) in [5.41, 5.74) is 5.48. The minimum Gasteiger partial charge on any atom is -0.491 e. The third-order valence-corrected chi connectivity index (χ3v) is 12.7. The van der Waals surface area contributed by atoms with E-state index in [9.17, 15) is 0 Å². The van der Waals surface area contributed by atoms with Crippen molar-refractivity contribution in [2.45, 2.75) is 90.3 Å². The number of rotatable bonds is 6. The van der Waals surface area contributed by atoms with Crippen LogP contribution in [-0.2, 0) is 13.2 Å². The Balaban J connectivity index is 1.03. The van der Waals surface area contributed by atoms with Gasteiger partial charge in [0.2, 0.25) is 0 Å². The van der Waals surface area contributed by atoms with Gasteiger partial charge in [0.1, 0.15) is 36.1 Å². The molecule has 0 bridgehead atoms. The summed E-state index contributed by atoms with van der Waals surface area (Å²) >= 11 is 0. The molecule has 8 heteroatoms. The van der Waals surface area contributed by atoms with E-state index < -0.39 is 0 Å². The molecule has 0 unspecified atom stereocenters. The van der Waals surface area contributed by atoms with Crippen LogP contribution in [0.3, 0.4) is 0 Å². The predicted molar refractivity (Wildman–Crippen MR) is 283 cm³/mol. The molecule has 70 heavy (non-hydrogen) atoms. The maximum Gasteiger partial charge on any atom is 0.169 e. The summed E-state index contributed by atoms with van der Waals surface area (Å²) in [6.07, 6.45) is 12.3. The normalized spacial score (nSPS) is 14.7. The molecule has 1 aliphatic rings. The molecule has 9 rings (SSSR count). The van der Waals surface area contributed by atoms with Gasteiger partial charge < -0.3 is 28.4 Å². The van der Waals surface area contributed by atoms with E-state index in [1.54, 1.807) is 0 Å². The molecule has 0 saturated heterocycles. The van der Waals surface area contributed by atoms with Gasteiger partial charge in [-0.25, -0.2) is 0 Å². The molecule has 0 N–H and O–H groups in total. The average molecular weight is 933 g/mol. The standard InChI is InChI=1S/C62H64N2O6/c1-3-7-25-41-67-61-57(69-45-47-27-11-9-12-28-47)43-49-31-15-17-33-51(49)59(61)60-52-34-18-16-32-50(52)44-58(70-46-48-29-13-10-14-30-48)62(60)68-42-26-8-4-2-6-24-40-66-56-38-22-20-36-54(56)64-63-53-35-19-21-37-55(53)65-39-23-5-1/h9-22,27-38,43-44H,1-8,23-26,39-42,45-46H2. The van der Waals surface area contributed by atoms with E-state index in [-0.39, 0.29) is 0 Å². The summed E-state index contributed by atoms with van der Waals surface area (Å²) in [6.45, 7) is 3.11. The Labute approximate surface area is 413 Å². The number of para-hydroxylation sites is 2. The summed E-state index contributed by atoms with van der Waals surface area (Å²) < 4.78 is 40.3. The zero-order valence-electron chi connectivity index (χ0n) is 40.2. The van der Waals surface area contributed by atoms with Crippen LogP contribution in [0.5, 0.6) is 34.5 Å². The summed E-state index contributed by atoms with van der Waals surface area (Å²) in [5, 5.41) is 13.4. The number of fused-ring (bicyclic) bond motifs is 9. The minimum atomic E-state index is 0.402. The van der Waals surface area contributed by atoms with Crippen LogP contribution in [0.1, 0.15) is 88.2 Å². The Bertz CT molecular complexity index is 2720.